The lowest BCUT2D eigenvalue weighted by molar-refractivity contribution is -0.250. The number of allylic oxidation sites excluding steroid dienone is 1. The Balaban J connectivity index is 1.45. The van der Waals surface area contributed by atoms with Crippen molar-refractivity contribution in [1.29, 1.82) is 0 Å². The van der Waals surface area contributed by atoms with Crippen LogP contribution in [0.5, 0.6) is 17.2 Å². The summed E-state index contributed by atoms with van der Waals surface area (Å²) in [6, 6.07) is 20.3. The molecule has 1 fully saturated rings. The topological polar surface area (TPSA) is 157 Å². The molecule has 2 N–H and O–H groups in total. The lowest BCUT2D eigenvalue weighted by atomic mass is 9.55. The SMILES string of the molecule is C=CCO[C@@]12Oc3ccc(Oc4cccc(C=O)c4)cc3[C@H]3[C@H](CCCCO)[C@@H](CCCCO)C=C(C(=NOCC)C[C@@H]1N(C)S(=O)(=O)c1cccc4cccnc14)[C@H]32. The molecule has 3 aromatic carbocycles. The Hall–Kier alpha value is -4.92. The van der Waals surface area contributed by atoms with E-state index in [0.717, 1.165) is 43.1 Å². The number of ether oxygens (including phenoxy) is 3. The minimum absolute atomic E-state index is 0.0201. The second-order valence-electron chi connectivity index (χ2n) is 15.3. The van der Waals surface area contributed by atoms with Gasteiger partial charge < -0.3 is 29.3 Å². The van der Waals surface area contributed by atoms with Crippen molar-refractivity contribution in [3.05, 3.63) is 114 Å². The van der Waals surface area contributed by atoms with Gasteiger partial charge in [-0.05, 0) is 92.5 Å². The molecule has 7 rings (SSSR count). The number of fused-ring (bicyclic) bond motifs is 3. The number of hydrogen-bond acceptors (Lipinski definition) is 11. The molecule has 12 nitrogen and oxygen atoms in total. The molecule has 1 aromatic heterocycles. The van der Waals surface area contributed by atoms with Crippen LogP contribution < -0.4 is 9.47 Å². The molecule has 0 radical (unpaired) electrons. The predicted octanol–water partition coefficient (Wildman–Crippen LogP) is 7.81. The Morgan fingerprint density at radius 1 is 1.00 bits per heavy atom. The largest absolute Gasteiger partial charge is 0.460 e. The van der Waals surface area contributed by atoms with Gasteiger partial charge in [0, 0.05) is 55.3 Å². The van der Waals surface area contributed by atoms with Gasteiger partial charge in [-0.2, -0.15) is 4.31 Å². The zero-order valence-electron chi connectivity index (χ0n) is 33.6. The van der Waals surface area contributed by atoms with Crippen LogP contribution in [0.1, 0.15) is 73.7 Å². The van der Waals surface area contributed by atoms with Crippen LogP contribution >= 0.6 is 0 Å². The highest BCUT2D eigenvalue weighted by Gasteiger charge is 2.65. The molecule has 0 unspecified atom stereocenters. The fraction of sp³-hybridized carbons (Fsp3) is 0.413. The number of carbonyl (C=O) groups is 1. The molecular formula is C46H53N3O9S. The maximum atomic E-state index is 15.0. The summed E-state index contributed by atoms with van der Waals surface area (Å²) in [6.45, 7) is 6.33. The summed E-state index contributed by atoms with van der Waals surface area (Å²) in [4.78, 5) is 22.0. The van der Waals surface area contributed by atoms with Crippen molar-refractivity contribution < 1.29 is 42.5 Å². The van der Waals surface area contributed by atoms with Crippen molar-refractivity contribution in [2.75, 3.05) is 33.5 Å². The number of nitrogens with zero attached hydrogens (tertiary/aromatic N) is 3. The zero-order valence-corrected chi connectivity index (χ0v) is 34.4. The molecule has 0 spiro atoms. The number of hydrogen-bond donors (Lipinski definition) is 2. The Labute approximate surface area is 346 Å². The molecule has 0 amide bonds. The number of aliphatic hydroxyl groups is 2. The molecule has 312 valence electrons. The van der Waals surface area contributed by atoms with E-state index in [0.29, 0.717) is 58.9 Å². The molecular weight excluding hydrogens is 771 g/mol. The molecule has 4 aromatic rings. The third-order valence-electron chi connectivity index (χ3n) is 11.9. The molecule has 59 heavy (non-hydrogen) atoms. The van der Waals surface area contributed by atoms with Crippen LogP contribution in [0.4, 0.5) is 0 Å². The Bertz CT molecular complexity index is 2310. The van der Waals surface area contributed by atoms with E-state index in [2.05, 4.69) is 17.6 Å². The van der Waals surface area contributed by atoms with Gasteiger partial charge in [-0.3, -0.25) is 9.78 Å². The summed E-state index contributed by atoms with van der Waals surface area (Å²) in [6.07, 6.45) is 10.7. The first-order valence-corrected chi connectivity index (χ1v) is 21.9. The summed E-state index contributed by atoms with van der Waals surface area (Å²) >= 11 is 0. The Morgan fingerprint density at radius 3 is 2.53 bits per heavy atom. The van der Waals surface area contributed by atoms with Crippen LogP contribution in [0.15, 0.2) is 113 Å². The number of oxime groups is 1. The first-order chi connectivity index (χ1) is 28.7. The summed E-state index contributed by atoms with van der Waals surface area (Å²) in [7, 11) is -2.69. The van der Waals surface area contributed by atoms with Gasteiger partial charge in [-0.15, -0.1) is 6.58 Å². The minimum Gasteiger partial charge on any atom is -0.460 e. The number of aldehydes is 1. The number of benzene rings is 3. The van der Waals surface area contributed by atoms with Gasteiger partial charge in [0.15, 0.2) is 0 Å². The van der Waals surface area contributed by atoms with E-state index in [1.54, 1.807) is 67.9 Å². The average molecular weight is 824 g/mol. The lowest BCUT2D eigenvalue weighted by Crippen LogP contribution is -2.69. The number of likely N-dealkylation sites (N-methyl/N-ethyl adjacent to an activating group) is 1. The van der Waals surface area contributed by atoms with Gasteiger partial charge in [-0.1, -0.05) is 60.5 Å². The van der Waals surface area contributed by atoms with Crippen LogP contribution in [-0.4, -0.2) is 85.2 Å². The number of carbonyl (C=O) groups excluding carboxylic acids is 1. The molecule has 3 aliphatic rings. The highest BCUT2D eigenvalue weighted by Crippen LogP contribution is 2.62. The van der Waals surface area contributed by atoms with Crippen LogP contribution in [0.2, 0.25) is 0 Å². The second kappa shape index (κ2) is 18.6. The normalized spacial score (nSPS) is 24.2. The van der Waals surface area contributed by atoms with Crippen molar-refractivity contribution in [3.63, 3.8) is 0 Å². The van der Waals surface area contributed by atoms with Crippen LogP contribution in [0.3, 0.4) is 0 Å². The van der Waals surface area contributed by atoms with Crippen LogP contribution in [-0.2, 0) is 19.6 Å². The van der Waals surface area contributed by atoms with E-state index in [1.165, 1.54) is 4.31 Å². The van der Waals surface area contributed by atoms with Gasteiger partial charge in [0.05, 0.1) is 29.8 Å². The fourth-order valence-electron chi connectivity index (χ4n) is 9.30. The highest BCUT2D eigenvalue weighted by molar-refractivity contribution is 7.89. The Kier molecular flexibility index (Phi) is 13.3. The van der Waals surface area contributed by atoms with E-state index in [1.807, 2.05) is 31.2 Å². The van der Waals surface area contributed by atoms with E-state index >= 15 is 8.42 Å². The average Bonchev–Trinajstić information content (AvgIpc) is 3.25. The van der Waals surface area contributed by atoms with Crippen molar-refractivity contribution >= 4 is 32.9 Å². The maximum Gasteiger partial charge on any atom is 0.245 e. The number of pyridine rings is 1. The molecule has 6 atom stereocenters. The molecule has 1 saturated carbocycles. The summed E-state index contributed by atoms with van der Waals surface area (Å²) in [5.41, 5.74) is 3.17. The Morgan fingerprint density at radius 2 is 1.76 bits per heavy atom. The molecule has 2 heterocycles. The van der Waals surface area contributed by atoms with Crippen molar-refractivity contribution in [2.24, 2.45) is 22.9 Å². The highest BCUT2D eigenvalue weighted by atomic mass is 32.2. The number of sulfonamides is 1. The second-order valence-corrected chi connectivity index (χ2v) is 17.3. The third kappa shape index (κ3) is 8.31. The van der Waals surface area contributed by atoms with E-state index in [9.17, 15) is 15.0 Å². The van der Waals surface area contributed by atoms with Crippen molar-refractivity contribution in [2.45, 2.75) is 74.5 Å². The molecule has 1 aliphatic heterocycles. The molecule has 13 heteroatoms. The van der Waals surface area contributed by atoms with E-state index < -0.39 is 27.8 Å². The van der Waals surface area contributed by atoms with Gasteiger partial charge in [0.2, 0.25) is 15.8 Å². The fourth-order valence-corrected chi connectivity index (χ4v) is 10.8. The summed E-state index contributed by atoms with van der Waals surface area (Å²) in [5.74, 6) is -0.897. The van der Waals surface area contributed by atoms with E-state index in [-0.39, 0.29) is 48.9 Å². The minimum atomic E-state index is -4.25. The first kappa shape index (κ1) is 42.2. The van der Waals surface area contributed by atoms with Crippen molar-refractivity contribution in [3.8, 4) is 17.2 Å². The smallest absolute Gasteiger partial charge is 0.245 e. The van der Waals surface area contributed by atoms with E-state index in [4.69, 9.17) is 24.2 Å². The molecule has 0 saturated heterocycles. The zero-order chi connectivity index (χ0) is 41.6. The van der Waals surface area contributed by atoms with Gasteiger partial charge in [-0.25, -0.2) is 8.42 Å². The van der Waals surface area contributed by atoms with Crippen LogP contribution in [0.25, 0.3) is 10.9 Å². The van der Waals surface area contributed by atoms with Gasteiger partial charge in [0.25, 0.3) is 0 Å². The number of rotatable bonds is 19. The monoisotopic (exact) mass is 823 g/mol. The quantitative estimate of drug-likeness (QED) is 0.0414. The predicted molar refractivity (Wildman–Crippen MR) is 225 cm³/mol. The number of aromatic nitrogens is 1. The first-order valence-electron chi connectivity index (χ1n) is 20.5. The number of para-hydroxylation sites is 1. The number of unbranched alkanes of at least 4 members (excludes halogenated alkanes) is 2. The summed E-state index contributed by atoms with van der Waals surface area (Å²) < 4.78 is 52.0. The van der Waals surface area contributed by atoms with Gasteiger partial charge >= 0.3 is 0 Å². The third-order valence-corrected chi connectivity index (χ3v) is 13.8. The molecule has 2 aliphatic carbocycles. The van der Waals surface area contributed by atoms with Gasteiger partial charge in [0.1, 0.15) is 35.0 Å². The number of aliphatic hydroxyl groups excluding tert-OH is 2. The van der Waals surface area contributed by atoms with Crippen molar-refractivity contribution in [1.82, 2.24) is 9.29 Å². The lowest BCUT2D eigenvalue weighted by Gasteiger charge is -2.59. The molecule has 0 bridgehead atoms. The standard InChI is InChI=1S/C46H53N3O9S/c1-4-25-55-46-42(49(3)59(53,54)41-19-11-15-32-16-12-22-47-45(32)41)29-39(48-56-5-2)37-27-33(14-6-8-23-50)36(18-7-9-24-51)43(44(37)46)38-28-35(20-21-40(38)58-46)57-34-17-10-13-31(26-34)30-52/h4,10-13,15-17,19-22,26-28,30,33,36,42-44,50-51H,1,5-9,14,18,23-25,29H2,2-3H3/t33-,36+,42-,43+,44+,46+/m0/s1. The summed E-state index contributed by atoms with van der Waals surface area (Å²) in [5, 5.41) is 25.1. The van der Waals surface area contributed by atoms with Crippen LogP contribution in [0, 0.1) is 17.8 Å². The maximum absolute atomic E-state index is 15.0.